The van der Waals surface area contributed by atoms with Gasteiger partial charge in [-0.1, -0.05) is 21.6 Å². The van der Waals surface area contributed by atoms with Gasteiger partial charge in [-0.25, -0.2) is 34.5 Å². The smallest absolute Gasteiger partial charge is 0.326 e. The molecule has 2 aromatic carbocycles. The summed E-state index contributed by atoms with van der Waals surface area (Å²) in [5, 5.41) is 156. The van der Waals surface area contributed by atoms with Gasteiger partial charge in [-0.3, -0.25) is 62.5 Å². The number of ether oxygens (including phenoxy) is 1. The van der Waals surface area contributed by atoms with Crippen LogP contribution >= 0.6 is 21.6 Å². The summed E-state index contributed by atoms with van der Waals surface area (Å²) in [6.45, 7) is -2.07. The van der Waals surface area contributed by atoms with Crippen molar-refractivity contribution in [3.05, 3.63) is 99.5 Å². The number of amides is 9. The lowest BCUT2D eigenvalue weighted by molar-refractivity contribution is -0.144. The number of nitrogens with two attached hydrogens (primary N) is 2. The Kier molecular flexibility index (Phi) is 40.1. The number of nitrogens with zero attached hydrogens (tertiary/aromatic N) is 7. The number of carbonyl (C=O) groups excluding carboxylic acids is 10. The van der Waals surface area contributed by atoms with Crippen LogP contribution in [-0.2, 0) is 70.6 Å². The van der Waals surface area contributed by atoms with Gasteiger partial charge >= 0.3 is 23.9 Å². The summed E-state index contributed by atoms with van der Waals surface area (Å²) in [7, 11) is 3.14. The SMILES string of the molecule is CNC(=O)[C@H](CSSCCOC(=O)CC[C@H](NC(=O)c1ccc(NCc2cnc3nc(N)nc(C)c3n2)cc1)C(=O)O)NC(=O)[C@H](CCC(=O)NC[C@H](O)[C@@H](O)[C@H](O)[C@H](O)CO)NC(=O)[C@H](CCC(=O)O)NC(=O)[C@H](CCC(=O)NC[C@H](O)[C@@H](O)[C@H](O)[C@H](O)CO)NC(=O)CC[C@H](NC(=O)c1ccc(NCc2cnc3nc(N)[nH]c(=O)c3n2)cc1)C(=O)O. The fraction of sp³-hybridized carbons (Fsp3) is 0.486. The Morgan fingerprint density at radius 1 is 0.480 bits per heavy atom. The molecule has 0 aliphatic rings. The standard InChI is InChI=1S/C72H97N21O28S2/c1-32-54-60(91-71(73)82-32)80-25-37(83-54)23-76-35-7-5-34(6-8-35)63(111)89-43(70(119)120)15-20-53(105)121-21-22-122-123-31-44(64(112)75-2)90-67(115)40(12-17-50(101)79-28-46(97)57(107)59(109)48(99)30-95)86-66(114)41(14-19-52(103)104)87-65(113)39(11-16-49(100)78-27-45(96)56(106)58(108)47(98)29-94)85-51(102)18-13-42(69(117)118)88-62(110)33-3-9-36(10-4-33)77-24-38-26-81-61-55(84-38)68(116)93-72(74)92-61/h3-10,25-26,39-48,56-59,76-77,94-99,106-109H,11-24,27-31H2,1-2H3,(H,75,112)(H,78,100)(H,79,101)(H,85,102)(H,86,114)(H,87,113)(H,88,110)(H,89,111)(H,90,115)(H,103,104)(H,117,118)(H,119,120)(H2,73,80,82,91)(H3,74,81,92,93,116)/t39-,40-,41-,42-,43-,44-,45-,46-,47+,48+,56+,57+,58+,59+/m0/s1. The van der Waals surface area contributed by atoms with Crippen molar-refractivity contribution in [3.8, 4) is 0 Å². The number of nitrogens with one attached hydrogen (secondary N) is 12. The van der Waals surface area contributed by atoms with Crippen molar-refractivity contribution in [3.63, 3.8) is 0 Å². The monoisotopic (exact) mass is 1770 g/mol. The van der Waals surface area contributed by atoms with E-state index in [1.165, 1.54) is 55.8 Å². The second-order valence-electron chi connectivity index (χ2n) is 27.3. The van der Waals surface area contributed by atoms with Crippen LogP contribution < -0.4 is 75.5 Å². The first kappa shape index (κ1) is 99.5. The zero-order valence-electron chi connectivity index (χ0n) is 65.8. The van der Waals surface area contributed by atoms with Crippen LogP contribution in [-0.4, -0.2) is 320 Å². The molecular formula is C72H97N21O28S2. The maximum Gasteiger partial charge on any atom is 0.326 e. The third kappa shape index (κ3) is 32.5. The zero-order valence-corrected chi connectivity index (χ0v) is 67.5. The van der Waals surface area contributed by atoms with Gasteiger partial charge in [0.1, 0.15) is 85.0 Å². The average molecular weight is 1770 g/mol. The van der Waals surface area contributed by atoms with Crippen LogP contribution in [0.25, 0.3) is 22.3 Å². The number of carboxylic acids is 3. The molecule has 0 radical (unpaired) electrons. The van der Waals surface area contributed by atoms with Crippen molar-refractivity contribution in [1.29, 1.82) is 0 Å². The first-order valence-corrected chi connectivity index (χ1v) is 40.1. The molecule has 123 heavy (non-hydrogen) atoms. The van der Waals surface area contributed by atoms with Crippen molar-refractivity contribution in [2.45, 2.75) is 169 Å². The van der Waals surface area contributed by atoms with E-state index in [-0.39, 0.29) is 71.8 Å². The number of aromatic nitrogens is 8. The van der Waals surface area contributed by atoms with Crippen LogP contribution in [0.2, 0.25) is 0 Å². The molecule has 6 rings (SSSR count). The summed E-state index contributed by atoms with van der Waals surface area (Å²) in [5.41, 5.74) is 13.8. The molecule has 4 aromatic heterocycles. The largest absolute Gasteiger partial charge is 0.481 e. The van der Waals surface area contributed by atoms with Crippen LogP contribution in [0, 0.1) is 6.92 Å². The Morgan fingerprint density at radius 3 is 1.37 bits per heavy atom. The number of rotatable bonds is 53. The highest BCUT2D eigenvalue weighted by atomic mass is 33.1. The van der Waals surface area contributed by atoms with E-state index in [1.54, 1.807) is 19.1 Å². The van der Waals surface area contributed by atoms with Gasteiger partial charge in [0.05, 0.1) is 68.0 Å². The van der Waals surface area contributed by atoms with Crippen molar-refractivity contribution in [1.82, 2.24) is 87.7 Å². The number of hydrogen-bond donors (Lipinski definition) is 27. The molecule has 670 valence electrons. The van der Waals surface area contributed by atoms with E-state index in [0.717, 1.165) is 21.6 Å². The van der Waals surface area contributed by atoms with Crippen molar-refractivity contribution < 1.29 is 133 Å². The number of hydrogen-bond acceptors (Lipinski definition) is 38. The minimum atomic E-state index is -2.15. The number of benzene rings is 2. The van der Waals surface area contributed by atoms with E-state index in [0.29, 0.717) is 39.6 Å². The van der Waals surface area contributed by atoms with Gasteiger partial charge in [0.25, 0.3) is 17.4 Å². The lowest BCUT2D eigenvalue weighted by Crippen LogP contribution is -2.58. The number of aliphatic hydroxyl groups excluding tert-OH is 10. The topological polar surface area (TPSA) is 802 Å². The number of fused-ring (bicyclic) bond motifs is 2. The fourth-order valence-electron chi connectivity index (χ4n) is 11.1. The molecule has 0 saturated heterocycles. The number of carbonyl (C=O) groups is 13. The Bertz CT molecular complexity index is 4720. The summed E-state index contributed by atoms with van der Waals surface area (Å²) >= 11 is 0. The summed E-state index contributed by atoms with van der Waals surface area (Å²) in [4.78, 5) is 217. The van der Waals surface area contributed by atoms with E-state index >= 15 is 0 Å². The molecule has 14 atom stereocenters. The van der Waals surface area contributed by atoms with Crippen LogP contribution in [0.1, 0.15) is 102 Å². The molecule has 0 bridgehead atoms. The predicted molar refractivity (Wildman–Crippen MR) is 432 cm³/mol. The molecule has 49 nitrogen and oxygen atoms in total. The number of aliphatic hydroxyl groups is 10. The Balaban J connectivity index is 1.10. The van der Waals surface area contributed by atoms with Crippen LogP contribution in [0.5, 0.6) is 0 Å². The first-order chi connectivity index (χ1) is 58.4. The quantitative estimate of drug-likeness (QED) is 0.00958. The molecule has 6 aromatic rings. The van der Waals surface area contributed by atoms with Crippen LogP contribution in [0.15, 0.2) is 65.7 Å². The number of likely N-dealkylation sites (N-methyl/N-ethyl adjacent to an activating group) is 1. The minimum absolute atomic E-state index is 0.00393. The van der Waals surface area contributed by atoms with E-state index in [4.69, 9.17) is 16.2 Å². The maximum absolute atomic E-state index is 14.5. The highest BCUT2D eigenvalue weighted by Gasteiger charge is 2.36. The van der Waals surface area contributed by atoms with Gasteiger partial charge in [0.15, 0.2) is 16.8 Å². The van der Waals surface area contributed by atoms with E-state index in [9.17, 15) is 134 Å². The Hall–Kier alpha value is -12.3. The van der Waals surface area contributed by atoms with Gasteiger partial charge in [0, 0.05) is 86.2 Å². The number of aryl methyl sites for hydroxylation is 1. The molecule has 9 amide bonds. The van der Waals surface area contributed by atoms with E-state index in [1.807, 2.05) is 0 Å². The molecule has 0 aliphatic carbocycles. The summed E-state index contributed by atoms with van der Waals surface area (Å²) < 4.78 is 5.27. The third-order valence-corrected chi connectivity index (χ3v) is 20.4. The lowest BCUT2D eigenvalue weighted by Gasteiger charge is -2.27. The zero-order chi connectivity index (χ0) is 90.7. The van der Waals surface area contributed by atoms with Gasteiger partial charge in [-0.15, -0.1) is 0 Å². The predicted octanol–water partition coefficient (Wildman–Crippen LogP) is -8.09. The Morgan fingerprint density at radius 2 is 0.902 bits per heavy atom. The van der Waals surface area contributed by atoms with Crippen molar-refractivity contribution in [2.24, 2.45) is 0 Å². The summed E-state index contributed by atoms with van der Waals surface area (Å²) in [5.74, 6) is -15.6. The number of esters is 1. The van der Waals surface area contributed by atoms with Crippen molar-refractivity contribution >= 4 is 144 Å². The highest BCUT2D eigenvalue weighted by Crippen LogP contribution is 2.23. The minimum Gasteiger partial charge on any atom is -0.481 e. The molecule has 51 heteroatoms. The van der Waals surface area contributed by atoms with Gasteiger partial charge in [-0.2, -0.15) is 9.97 Å². The Labute approximate surface area is 704 Å². The molecule has 0 unspecified atom stereocenters. The first-order valence-electron chi connectivity index (χ1n) is 37.6. The molecular weight excluding hydrogens is 1670 g/mol. The molecule has 0 aliphatic heterocycles. The van der Waals surface area contributed by atoms with Gasteiger partial charge in [-0.05, 0) is 87.6 Å². The lowest BCUT2D eigenvalue weighted by atomic mass is 10.0. The van der Waals surface area contributed by atoms with Gasteiger partial charge < -0.3 is 141 Å². The second-order valence-corrected chi connectivity index (χ2v) is 29.9. The highest BCUT2D eigenvalue weighted by molar-refractivity contribution is 8.76. The number of carboxylic acid groups (broad SMARTS) is 3. The molecule has 0 saturated carbocycles. The number of aromatic amines is 1. The number of nitrogen functional groups attached to an aromatic ring is 2. The van der Waals surface area contributed by atoms with Crippen LogP contribution in [0.3, 0.4) is 0 Å². The normalized spacial score (nSPS) is 14.7. The number of anilines is 4. The van der Waals surface area contributed by atoms with E-state index in [2.05, 4.69) is 98.4 Å². The second kappa shape index (κ2) is 49.6. The van der Waals surface area contributed by atoms with E-state index < -0.39 is 252 Å². The summed E-state index contributed by atoms with van der Waals surface area (Å²) in [6.07, 6.45) is -20.7. The fourth-order valence-corrected chi connectivity index (χ4v) is 13.1. The van der Waals surface area contributed by atoms with Crippen LogP contribution in [0.4, 0.5) is 23.3 Å². The average Bonchev–Trinajstić information content (AvgIpc) is 0.813. The molecule has 0 spiro atoms. The maximum atomic E-state index is 14.5. The summed E-state index contributed by atoms with van der Waals surface area (Å²) in [6, 6.07) is 0.778. The molecule has 29 N–H and O–H groups in total. The van der Waals surface area contributed by atoms with Gasteiger partial charge in [0.2, 0.25) is 53.2 Å². The molecule has 0 fully saturated rings. The molecule has 4 heterocycles. The number of aliphatic carboxylic acids is 3. The number of H-pyrrole nitrogens is 1. The van der Waals surface area contributed by atoms with Crippen molar-refractivity contribution in [2.75, 3.05) is 73.6 Å². The third-order valence-electron chi connectivity index (χ3n) is 18.1.